The molecule has 0 aliphatic carbocycles. The second-order valence-electron chi connectivity index (χ2n) is 6.76. The average molecular weight is 412 g/mol. The van der Waals surface area contributed by atoms with Gasteiger partial charge < -0.3 is 4.57 Å². The first-order chi connectivity index (χ1) is 13.6. The minimum Gasteiger partial charge on any atom is -0.335 e. The largest absolute Gasteiger partial charge is 0.335 e. The molecule has 0 spiro atoms. The van der Waals surface area contributed by atoms with Crippen LogP contribution in [-0.2, 0) is 17.1 Å². The molecule has 1 aliphatic rings. The number of sulfonamides is 1. The molecule has 7 nitrogen and oxygen atoms in total. The summed E-state index contributed by atoms with van der Waals surface area (Å²) in [7, 11) is -1.65. The van der Waals surface area contributed by atoms with Crippen molar-refractivity contribution < 1.29 is 8.42 Å². The van der Waals surface area contributed by atoms with E-state index in [0.29, 0.717) is 30.5 Å². The Hall–Kier alpha value is -2.62. The normalized spacial score (nSPS) is 16.0. The molecule has 1 aromatic carbocycles. The van der Waals surface area contributed by atoms with E-state index in [1.165, 1.54) is 4.31 Å². The van der Waals surface area contributed by atoms with E-state index in [1.807, 2.05) is 23.8 Å². The maximum absolute atomic E-state index is 13.2. The van der Waals surface area contributed by atoms with E-state index >= 15 is 0 Å². The third-order valence-electron chi connectivity index (χ3n) is 5.12. The predicted octanol–water partition coefficient (Wildman–Crippen LogP) is 3.06. The molecule has 4 aromatic rings. The summed E-state index contributed by atoms with van der Waals surface area (Å²) in [5, 5.41) is 1.09. The summed E-state index contributed by atoms with van der Waals surface area (Å²) in [6, 6.07) is 9.08. The summed E-state index contributed by atoms with van der Waals surface area (Å²) >= 11 is 1.03. The summed E-state index contributed by atoms with van der Waals surface area (Å²) in [5.41, 5.74) is 4.26. The molecule has 0 saturated carbocycles. The molecular weight excluding hydrogens is 394 g/mol. The molecule has 0 amide bonds. The first-order valence-corrected chi connectivity index (χ1v) is 11.0. The van der Waals surface area contributed by atoms with Crippen LogP contribution in [0.4, 0.5) is 0 Å². The number of nitrogens with zero attached hydrogens (tertiary/aromatic N) is 5. The smallest absolute Gasteiger partial charge is 0.245 e. The van der Waals surface area contributed by atoms with Crippen molar-refractivity contribution >= 4 is 49.4 Å². The molecule has 0 N–H and O–H groups in total. The van der Waals surface area contributed by atoms with E-state index in [2.05, 4.69) is 26.0 Å². The van der Waals surface area contributed by atoms with E-state index in [-0.39, 0.29) is 4.90 Å². The van der Waals surface area contributed by atoms with E-state index in [0.717, 1.165) is 33.9 Å². The highest BCUT2D eigenvalue weighted by Crippen LogP contribution is 2.32. The molecule has 1 aliphatic heterocycles. The van der Waals surface area contributed by atoms with Crippen LogP contribution in [0.1, 0.15) is 12.0 Å². The van der Waals surface area contributed by atoms with Crippen LogP contribution in [0.15, 0.2) is 53.7 Å². The van der Waals surface area contributed by atoms with E-state index in [4.69, 9.17) is 0 Å². The van der Waals surface area contributed by atoms with Crippen LogP contribution in [0.2, 0.25) is 0 Å². The Morgan fingerprint density at radius 3 is 2.86 bits per heavy atom. The zero-order valence-corrected chi connectivity index (χ0v) is 16.7. The lowest BCUT2D eigenvalue weighted by Gasteiger charge is -2.25. The van der Waals surface area contributed by atoms with Gasteiger partial charge in [0.15, 0.2) is 0 Å². The summed E-state index contributed by atoms with van der Waals surface area (Å²) in [6.45, 7) is 0.765. The molecule has 0 fully saturated rings. The van der Waals surface area contributed by atoms with Crippen molar-refractivity contribution in [3.63, 3.8) is 0 Å². The van der Waals surface area contributed by atoms with Crippen LogP contribution in [-0.4, -0.2) is 44.1 Å². The number of hydrogen-bond acceptors (Lipinski definition) is 6. The minimum atomic E-state index is -3.63. The van der Waals surface area contributed by atoms with E-state index in [1.54, 1.807) is 24.4 Å². The first-order valence-electron chi connectivity index (χ1n) is 8.86. The lowest BCUT2D eigenvalue weighted by molar-refractivity contribution is 0.442. The van der Waals surface area contributed by atoms with Crippen LogP contribution in [0.3, 0.4) is 0 Å². The number of hydrogen-bond donors (Lipinski definition) is 0. The third-order valence-corrected chi connectivity index (χ3v) is 7.56. The lowest BCUT2D eigenvalue weighted by Crippen LogP contribution is -2.34. The zero-order chi connectivity index (χ0) is 19.3. The van der Waals surface area contributed by atoms with Gasteiger partial charge in [0, 0.05) is 43.5 Å². The Morgan fingerprint density at radius 2 is 2.04 bits per heavy atom. The summed E-state index contributed by atoms with van der Waals surface area (Å²) < 4.78 is 38.2. The molecule has 5 rings (SSSR count). The van der Waals surface area contributed by atoms with Gasteiger partial charge >= 0.3 is 0 Å². The van der Waals surface area contributed by atoms with Crippen LogP contribution in [0.25, 0.3) is 27.6 Å². The number of aromatic nitrogens is 4. The van der Waals surface area contributed by atoms with Crippen molar-refractivity contribution in [2.75, 3.05) is 13.1 Å². The fourth-order valence-corrected chi connectivity index (χ4v) is 5.84. The van der Waals surface area contributed by atoms with Gasteiger partial charge in [0.05, 0.1) is 11.7 Å². The molecule has 142 valence electrons. The SMILES string of the molecule is Cn1cc(C2=CCN(S(=O)(=O)c3cccc4nsnc34)CC2)c2cccnc21. The number of benzene rings is 1. The molecule has 0 saturated heterocycles. The maximum Gasteiger partial charge on any atom is 0.245 e. The minimum absolute atomic E-state index is 0.227. The summed E-state index contributed by atoms with van der Waals surface area (Å²) in [5.74, 6) is 0. The number of pyridine rings is 1. The average Bonchev–Trinajstić information content (AvgIpc) is 3.33. The number of aryl methyl sites for hydroxylation is 1. The molecular formula is C19H17N5O2S2. The van der Waals surface area contributed by atoms with E-state index in [9.17, 15) is 8.42 Å². The highest BCUT2D eigenvalue weighted by atomic mass is 32.2. The van der Waals surface area contributed by atoms with Crippen LogP contribution >= 0.6 is 11.7 Å². The fraction of sp³-hybridized carbons (Fsp3) is 0.211. The van der Waals surface area contributed by atoms with Crippen molar-refractivity contribution in [1.29, 1.82) is 0 Å². The molecule has 3 aromatic heterocycles. The van der Waals surface area contributed by atoms with Gasteiger partial charge in [-0.05, 0) is 36.3 Å². The Labute approximate surface area is 166 Å². The van der Waals surface area contributed by atoms with Gasteiger partial charge in [0.1, 0.15) is 21.6 Å². The zero-order valence-electron chi connectivity index (χ0n) is 15.1. The molecule has 4 heterocycles. The summed E-state index contributed by atoms with van der Waals surface area (Å²) in [4.78, 5) is 4.66. The fourth-order valence-electron chi connectivity index (χ4n) is 3.71. The van der Waals surface area contributed by atoms with E-state index < -0.39 is 10.0 Å². The molecule has 28 heavy (non-hydrogen) atoms. The molecule has 0 bridgehead atoms. The van der Waals surface area contributed by atoms with Gasteiger partial charge in [0.2, 0.25) is 10.0 Å². The second kappa shape index (κ2) is 6.47. The van der Waals surface area contributed by atoms with Gasteiger partial charge in [-0.3, -0.25) is 0 Å². The lowest BCUT2D eigenvalue weighted by atomic mass is 10.0. The van der Waals surface area contributed by atoms with Gasteiger partial charge in [0.25, 0.3) is 0 Å². The van der Waals surface area contributed by atoms with Gasteiger partial charge in [-0.15, -0.1) is 0 Å². The Morgan fingerprint density at radius 1 is 1.14 bits per heavy atom. The highest BCUT2D eigenvalue weighted by molar-refractivity contribution is 7.89. The van der Waals surface area contributed by atoms with Crippen molar-refractivity contribution in [1.82, 2.24) is 22.6 Å². The standard InChI is InChI=1S/C19H17N5O2S2/c1-23-12-15(14-4-3-9-20-19(14)23)13-7-10-24(11-8-13)28(25,26)17-6-2-5-16-18(17)22-27-21-16/h2-7,9,12H,8,10-11H2,1H3. The van der Waals surface area contributed by atoms with Crippen LogP contribution in [0.5, 0.6) is 0 Å². The van der Waals surface area contributed by atoms with Crippen molar-refractivity contribution in [2.24, 2.45) is 7.05 Å². The summed E-state index contributed by atoms with van der Waals surface area (Å²) in [6.07, 6.45) is 6.50. The second-order valence-corrected chi connectivity index (χ2v) is 9.19. The topological polar surface area (TPSA) is 81.0 Å². The molecule has 0 unspecified atom stereocenters. The van der Waals surface area contributed by atoms with Crippen molar-refractivity contribution in [2.45, 2.75) is 11.3 Å². The highest BCUT2D eigenvalue weighted by Gasteiger charge is 2.29. The first kappa shape index (κ1) is 17.5. The molecule has 0 atom stereocenters. The van der Waals surface area contributed by atoms with Gasteiger partial charge in [-0.2, -0.15) is 13.1 Å². The predicted molar refractivity (Wildman–Crippen MR) is 109 cm³/mol. The Bertz CT molecular complexity index is 1340. The molecule has 9 heteroatoms. The Kier molecular flexibility index (Phi) is 4.04. The van der Waals surface area contributed by atoms with Gasteiger partial charge in [-0.25, -0.2) is 13.4 Å². The number of fused-ring (bicyclic) bond motifs is 2. The maximum atomic E-state index is 13.2. The molecule has 0 radical (unpaired) electrons. The van der Waals surface area contributed by atoms with Crippen LogP contribution < -0.4 is 0 Å². The number of rotatable bonds is 3. The monoisotopic (exact) mass is 411 g/mol. The van der Waals surface area contributed by atoms with Crippen LogP contribution in [0, 0.1) is 0 Å². The van der Waals surface area contributed by atoms with Crippen molar-refractivity contribution in [3.8, 4) is 0 Å². The quantitative estimate of drug-likeness (QED) is 0.518. The third kappa shape index (κ3) is 2.66. The Balaban J connectivity index is 1.49. The van der Waals surface area contributed by atoms with Crippen molar-refractivity contribution in [3.05, 3.63) is 54.4 Å². The van der Waals surface area contributed by atoms with Gasteiger partial charge in [-0.1, -0.05) is 12.1 Å².